The fraction of sp³-hybridized carbons (Fsp3) is 0.258. The van der Waals surface area contributed by atoms with Gasteiger partial charge in [-0.25, -0.2) is 9.79 Å². The van der Waals surface area contributed by atoms with Gasteiger partial charge in [0.25, 0.3) is 5.56 Å². The van der Waals surface area contributed by atoms with Crippen molar-refractivity contribution in [3.05, 3.63) is 101 Å². The van der Waals surface area contributed by atoms with E-state index in [2.05, 4.69) is 20.9 Å². The van der Waals surface area contributed by atoms with E-state index >= 15 is 0 Å². The molecule has 0 fully saturated rings. The summed E-state index contributed by atoms with van der Waals surface area (Å²) in [5, 5.41) is 0. The van der Waals surface area contributed by atoms with Crippen LogP contribution in [0.4, 0.5) is 0 Å². The molecule has 3 heterocycles. The SMILES string of the molecule is CCOC(=O)C1=C(C)N=c2s/c(=C/c3ccc(-c4cccc(Br)c4)o3)c(=O)n2[C@@H]1c1ccc(OC(C)C)c(OC)c1. The van der Waals surface area contributed by atoms with Gasteiger partial charge in [0.1, 0.15) is 11.5 Å². The Morgan fingerprint density at radius 2 is 1.98 bits per heavy atom. The van der Waals surface area contributed by atoms with Crippen molar-refractivity contribution < 1.29 is 23.4 Å². The molecule has 4 aromatic rings. The van der Waals surface area contributed by atoms with Crippen molar-refractivity contribution in [2.24, 2.45) is 4.99 Å². The molecule has 0 N–H and O–H groups in total. The van der Waals surface area contributed by atoms with Crippen LogP contribution in [-0.4, -0.2) is 30.4 Å². The average molecular weight is 638 g/mol. The molecule has 1 atom stereocenters. The number of hydrogen-bond donors (Lipinski definition) is 0. The highest BCUT2D eigenvalue weighted by molar-refractivity contribution is 9.10. The smallest absolute Gasteiger partial charge is 0.338 e. The molecule has 8 nitrogen and oxygen atoms in total. The van der Waals surface area contributed by atoms with Crippen LogP contribution in [0.15, 0.2) is 84.5 Å². The molecule has 0 amide bonds. The summed E-state index contributed by atoms with van der Waals surface area (Å²) in [4.78, 5) is 32.2. The first-order valence-electron chi connectivity index (χ1n) is 13.1. The van der Waals surface area contributed by atoms with Crippen LogP contribution in [-0.2, 0) is 9.53 Å². The Hall–Kier alpha value is -3.89. The lowest BCUT2D eigenvalue weighted by atomic mass is 9.95. The number of nitrogens with zero attached hydrogens (tertiary/aromatic N) is 2. The lowest BCUT2D eigenvalue weighted by Gasteiger charge is -2.25. The molecule has 0 saturated carbocycles. The van der Waals surface area contributed by atoms with Gasteiger partial charge in [-0.15, -0.1) is 0 Å². The van der Waals surface area contributed by atoms with Crippen LogP contribution in [0.25, 0.3) is 17.4 Å². The zero-order chi connectivity index (χ0) is 29.3. The van der Waals surface area contributed by atoms with E-state index in [1.807, 2.05) is 56.3 Å². The predicted octanol–water partition coefficient (Wildman–Crippen LogP) is 5.62. The summed E-state index contributed by atoms with van der Waals surface area (Å²) >= 11 is 4.72. The number of esters is 1. The quantitative estimate of drug-likeness (QED) is 0.233. The lowest BCUT2D eigenvalue weighted by molar-refractivity contribution is -0.139. The second-order valence-electron chi connectivity index (χ2n) is 9.59. The largest absolute Gasteiger partial charge is 0.493 e. The average Bonchev–Trinajstić information content (AvgIpc) is 3.52. The molecular formula is C31H29BrN2O6S. The third kappa shape index (κ3) is 5.80. The Kier molecular flexibility index (Phi) is 8.32. The highest BCUT2D eigenvalue weighted by Gasteiger charge is 2.34. The number of allylic oxidation sites excluding steroid dienone is 1. The molecule has 10 heteroatoms. The summed E-state index contributed by atoms with van der Waals surface area (Å²) in [6.45, 7) is 7.54. The van der Waals surface area contributed by atoms with Gasteiger partial charge in [0, 0.05) is 16.1 Å². The van der Waals surface area contributed by atoms with E-state index < -0.39 is 12.0 Å². The van der Waals surface area contributed by atoms with Crippen molar-refractivity contribution in [3.8, 4) is 22.8 Å². The molecule has 0 unspecified atom stereocenters. The third-order valence-electron chi connectivity index (χ3n) is 6.39. The topological polar surface area (TPSA) is 92.3 Å². The minimum atomic E-state index is -0.775. The minimum absolute atomic E-state index is 0.0600. The summed E-state index contributed by atoms with van der Waals surface area (Å²) in [6.07, 6.45) is 1.64. The number of methoxy groups -OCH3 is 1. The Balaban J connectivity index is 1.64. The zero-order valence-electron chi connectivity index (χ0n) is 23.3. The monoisotopic (exact) mass is 636 g/mol. The molecule has 2 aromatic heterocycles. The summed E-state index contributed by atoms with van der Waals surface area (Å²) < 4.78 is 25.8. The van der Waals surface area contributed by atoms with E-state index in [1.54, 1.807) is 39.2 Å². The fourth-order valence-electron chi connectivity index (χ4n) is 4.67. The number of rotatable bonds is 8. The minimum Gasteiger partial charge on any atom is -0.493 e. The van der Waals surface area contributed by atoms with Crippen molar-refractivity contribution in [2.45, 2.75) is 39.8 Å². The summed E-state index contributed by atoms with van der Waals surface area (Å²) in [5.74, 6) is 1.74. The van der Waals surface area contributed by atoms with Gasteiger partial charge in [0.15, 0.2) is 16.3 Å². The number of benzene rings is 2. The number of ether oxygens (including phenoxy) is 3. The van der Waals surface area contributed by atoms with Gasteiger partial charge in [-0.05, 0) is 69.7 Å². The number of carbonyl (C=O) groups excluding carboxylic acids is 1. The number of hydrogen-bond acceptors (Lipinski definition) is 8. The van der Waals surface area contributed by atoms with Crippen LogP contribution in [0.5, 0.6) is 11.5 Å². The van der Waals surface area contributed by atoms with Crippen molar-refractivity contribution >= 4 is 39.3 Å². The van der Waals surface area contributed by atoms with E-state index in [1.165, 1.54) is 15.9 Å². The molecule has 0 radical (unpaired) electrons. The second kappa shape index (κ2) is 11.9. The van der Waals surface area contributed by atoms with Gasteiger partial charge in [-0.1, -0.05) is 45.5 Å². The maximum absolute atomic E-state index is 13.9. The van der Waals surface area contributed by atoms with Gasteiger partial charge in [-0.2, -0.15) is 0 Å². The first kappa shape index (κ1) is 28.6. The van der Waals surface area contributed by atoms with E-state index in [0.29, 0.717) is 49.2 Å². The number of carbonyl (C=O) groups is 1. The maximum Gasteiger partial charge on any atom is 0.338 e. The molecule has 1 aliphatic rings. The highest BCUT2D eigenvalue weighted by atomic mass is 79.9. The van der Waals surface area contributed by atoms with Crippen LogP contribution in [0, 0.1) is 0 Å². The fourth-order valence-corrected chi connectivity index (χ4v) is 6.09. The highest BCUT2D eigenvalue weighted by Crippen LogP contribution is 2.36. The van der Waals surface area contributed by atoms with Crippen molar-refractivity contribution in [1.82, 2.24) is 4.57 Å². The van der Waals surface area contributed by atoms with Gasteiger partial charge in [-0.3, -0.25) is 9.36 Å². The number of halogens is 1. The van der Waals surface area contributed by atoms with Crippen molar-refractivity contribution in [1.29, 1.82) is 0 Å². The van der Waals surface area contributed by atoms with Gasteiger partial charge >= 0.3 is 5.97 Å². The molecule has 5 rings (SSSR count). The zero-order valence-corrected chi connectivity index (χ0v) is 25.7. The lowest BCUT2D eigenvalue weighted by Crippen LogP contribution is -2.40. The summed E-state index contributed by atoms with van der Waals surface area (Å²) in [5.41, 5.74) is 2.06. The molecule has 2 aromatic carbocycles. The number of furan rings is 1. The number of aromatic nitrogens is 1. The van der Waals surface area contributed by atoms with E-state index in [4.69, 9.17) is 18.6 Å². The predicted molar refractivity (Wildman–Crippen MR) is 161 cm³/mol. The molecule has 0 saturated heterocycles. The molecule has 41 heavy (non-hydrogen) atoms. The van der Waals surface area contributed by atoms with Crippen LogP contribution in [0.2, 0.25) is 0 Å². The molecule has 1 aliphatic heterocycles. The second-order valence-corrected chi connectivity index (χ2v) is 11.5. The number of fused-ring (bicyclic) bond motifs is 1. The van der Waals surface area contributed by atoms with Crippen LogP contribution in [0.3, 0.4) is 0 Å². The van der Waals surface area contributed by atoms with Crippen LogP contribution < -0.4 is 24.4 Å². The molecule has 0 spiro atoms. The standard InChI is InChI=1S/C31H29BrN2O6S/c1-6-38-30(36)27-18(4)33-31-34(28(27)20-10-12-24(39-17(2)3)25(15-20)37-5)29(35)26(41-31)16-22-11-13-23(40-22)19-8-7-9-21(32)14-19/h7-17,28H,6H2,1-5H3/b26-16+/t28-/m1/s1. The molecule has 212 valence electrons. The molecular weight excluding hydrogens is 608 g/mol. The van der Waals surface area contributed by atoms with Gasteiger partial charge < -0.3 is 18.6 Å². The third-order valence-corrected chi connectivity index (χ3v) is 7.87. The van der Waals surface area contributed by atoms with E-state index in [9.17, 15) is 9.59 Å². The summed E-state index contributed by atoms with van der Waals surface area (Å²) in [6, 6.07) is 16.1. The Morgan fingerprint density at radius 3 is 2.68 bits per heavy atom. The van der Waals surface area contributed by atoms with Gasteiger partial charge in [0.2, 0.25) is 0 Å². The van der Waals surface area contributed by atoms with Crippen LogP contribution >= 0.6 is 27.3 Å². The molecule has 0 bridgehead atoms. The van der Waals surface area contributed by atoms with E-state index in [-0.39, 0.29) is 18.3 Å². The van der Waals surface area contributed by atoms with Gasteiger partial charge in [0.05, 0.1) is 41.7 Å². The van der Waals surface area contributed by atoms with Crippen molar-refractivity contribution in [3.63, 3.8) is 0 Å². The Labute approximate surface area is 249 Å². The van der Waals surface area contributed by atoms with E-state index in [0.717, 1.165) is 10.0 Å². The van der Waals surface area contributed by atoms with Crippen molar-refractivity contribution in [2.75, 3.05) is 13.7 Å². The maximum atomic E-state index is 13.9. The van der Waals surface area contributed by atoms with Crippen LogP contribution in [0.1, 0.15) is 45.1 Å². The number of thiazole rings is 1. The first-order chi connectivity index (χ1) is 19.7. The molecule has 0 aliphatic carbocycles. The Bertz CT molecular complexity index is 1830. The normalized spacial score (nSPS) is 15.1. The Morgan fingerprint density at radius 1 is 1.17 bits per heavy atom. The first-order valence-corrected chi connectivity index (χ1v) is 14.7. The summed E-state index contributed by atoms with van der Waals surface area (Å²) in [7, 11) is 1.55.